The molecule has 2 fully saturated rings. The Morgan fingerprint density at radius 1 is 1.41 bits per heavy atom. The van der Waals surface area contributed by atoms with Gasteiger partial charge in [-0.1, -0.05) is 0 Å². The van der Waals surface area contributed by atoms with Crippen LogP contribution in [0.25, 0.3) is 10.9 Å². The van der Waals surface area contributed by atoms with Crippen LogP contribution in [0.5, 0.6) is 0 Å². The Morgan fingerprint density at radius 3 is 2.63 bits per heavy atom. The lowest BCUT2D eigenvalue weighted by Crippen LogP contribution is -2.48. The molecule has 10 heteroatoms. The molecule has 0 radical (unpaired) electrons. The minimum Gasteiger partial charge on any atom is -0.483 e. The van der Waals surface area contributed by atoms with E-state index in [1.807, 2.05) is 0 Å². The first-order chi connectivity index (χ1) is 12.9. The molecule has 2 aliphatic rings. The van der Waals surface area contributed by atoms with Crippen molar-refractivity contribution in [3.63, 3.8) is 0 Å². The van der Waals surface area contributed by atoms with Crippen LogP contribution in [0.4, 0.5) is 5.69 Å². The van der Waals surface area contributed by atoms with Crippen molar-refractivity contribution < 1.29 is 19.6 Å². The quantitative estimate of drug-likeness (QED) is 0.419. The first-order valence-electron chi connectivity index (χ1n) is 8.67. The molecular weight excluding hydrogens is 354 g/mol. The number of rotatable bonds is 3. The molecular formula is C17H21N5O5. The van der Waals surface area contributed by atoms with Crippen molar-refractivity contribution in [2.24, 2.45) is 0 Å². The Hall–Kier alpha value is -3.01. The number of non-ortho nitro benzene ring substituents is 1. The van der Waals surface area contributed by atoms with Crippen LogP contribution >= 0.6 is 0 Å². The number of carbonyl (C=O) groups is 2. The summed E-state index contributed by atoms with van der Waals surface area (Å²) in [7, 11) is 2.16. The molecule has 0 spiro atoms. The standard InChI is InChI=1S/C16H19N5O3.CH2O2/c1-20-10-2-3-11(20)7-9(6-10)17-16(22)15-13-5-4-12(21(23)24)8-14(13)18-19-15;2-1-3/h4-5,8-11H,2-3,6-7H2,1H3,(H,17,22)(H,18,19);1H,(H,2,3). The van der Waals surface area contributed by atoms with E-state index in [9.17, 15) is 14.9 Å². The summed E-state index contributed by atoms with van der Waals surface area (Å²) < 4.78 is 0. The van der Waals surface area contributed by atoms with E-state index in [0.717, 1.165) is 12.8 Å². The smallest absolute Gasteiger partial charge is 0.290 e. The van der Waals surface area contributed by atoms with Crippen molar-refractivity contribution in [1.82, 2.24) is 20.4 Å². The lowest BCUT2D eigenvalue weighted by atomic mass is 9.98. The van der Waals surface area contributed by atoms with Crippen LogP contribution in [0.2, 0.25) is 0 Å². The van der Waals surface area contributed by atoms with Crippen molar-refractivity contribution in [3.8, 4) is 0 Å². The van der Waals surface area contributed by atoms with Crippen LogP contribution in [-0.4, -0.2) is 62.7 Å². The Morgan fingerprint density at radius 2 is 2.04 bits per heavy atom. The van der Waals surface area contributed by atoms with Crippen molar-refractivity contribution >= 4 is 29.0 Å². The van der Waals surface area contributed by atoms with Crippen LogP contribution in [0.1, 0.15) is 36.2 Å². The number of hydrogen-bond acceptors (Lipinski definition) is 6. The fourth-order valence-electron chi connectivity index (χ4n) is 4.08. The molecule has 0 aliphatic carbocycles. The first kappa shape index (κ1) is 18.8. The summed E-state index contributed by atoms with van der Waals surface area (Å²) in [6, 6.07) is 5.63. The molecule has 1 amide bonds. The molecule has 0 saturated carbocycles. The third-order valence-electron chi connectivity index (χ3n) is 5.41. The molecule has 2 aromatic rings. The van der Waals surface area contributed by atoms with Gasteiger partial charge in [-0.25, -0.2) is 0 Å². The van der Waals surface area contributed by atoms with Crippen LogP contribution in [0.3, 0.4) is 0 Å². The molecule has 10 nitrogen and oxygen atoms in total. The number of aromatic nitrogens is 2. The maximum atomic E-state index is 12.6. The number of carbonyl (C=O) groups excluding carboxylic acids is 1. The van der Waals surface area contributed by atoms with Crippen LogP contribution in [0, 0.1) is 10.1 Å². The molecule has 2 atom stereocenters. The number of fused-ring (bicyclic) bond motifs is 3. The van der Waals surface area contributed by atoms with Gasteiger partial charge in [-0.15, -0.1) is 0 Å². The zero-order valence-electron chi connectivity index (χ0n) is 14.8. The minimum absolute atomic E-state index is 0.0231. The predicted octanol–water partition coefficient (Wildman–Crippen LogP) is 1.53. The minimum atomic E-state index is -0.464. The Balaban J connectivity index is 0.000000659. The van der Waals surface area contributed by atoms with Gasteiger partial charge in [0.2, 0.25) is 0 Å². The second kappa shape index (κ2) is 7.70. The SMILES string of the molecule is CN1C2CCC1CC(NC(=O)c1n[nH]c3cc([N+](=O)[O-])ccc13)C2.O=CO. The molecule has 2 saturated heterocycles. The van der Waals surface area contributed by atoms with E-state index in [-0.39, 0.29) is 24.1 Å². The highest BCUT2D eigenvalue weighted by atomic mass is 16.6. The number of piperidine rings is 1. The van der Waals surface area contributed by atoms with Crippen molar-refractivity contribution in [3.05, 3.63) is 34.0 Å². The number of benzene rings is 1. The second-order valence-electron chi connectivity index (χ2n) is 6.86. The van der Waals surface area contributed by atoms with Gasteiger partial charge in [-0.3, -0.25) is 24.8 Å². The highest BCUT2D eigenvalue weighted by molar-refractivity contribution is 6.05. The van der Waals surface area contributed by atoms with Gasteiger partial charge >= 0.3 is 0 Å². The topological polar surface area (TPSA) is 141 Å². The molecule has 27 heavy (non-hydrogen) atoms. The number of nitro groups is 1. The number of hydrogen-bond donors (Lipinski definition) is 3. The molecule has 2 aliphatic heterocycles. The van der Waals surface area contributed by atoms with Crippen LogP contribution in [-0.2, 0) is 4.79 Å². The molecule has 1 aromatic heterocycles. The van der Waals surface area contributed by atoms with E-state index in [0.29, 0.717) is 28.7 Å². The van der Waals surface area contributed by atoms with E-state index < -0.39 is 4.92 Å². The van der Waals surface area contributed by atoms with E-state index in [1.54, 1.807) is 6.07 Å². The summed E-state index contributed by atoms with van der Waals surface area (Å²) in [5.41, 5.74) is 0.772. The average molecular weight is 375 g/mol. The van der Waals surface area contributed by atoms with E-state index in [2.05, 4.69) is 27.5 Å². The van der Waals surface area contributed by atoms with E-state index >= 15 is 0 Å². The highest BCUT2D eigenvalue weighted by Gasteiger charge is 2.39. The lowest BCUT2D eigenvalue weighted by molar-refractivity contribution is -0.384. The number of H-pyrrole nitrogens is 1. The van der Waals surface area contributed by atoms with Gasteiger partial charge in [0.25, 0.3) is 18.1 Å². The first-order valence-corrected chi connectivity index (χ1v) is 8.67. The van der Waals surface area contributed by atoms with Gasteiger partial charge in [0.15, 0.2) is 5.69 Å². The van der Waals surface area contributed by atoms with Crippen molar-refractivity contribution in [2.45, 2.75) is 43.8 Å². The fraction of sp³-hybridized carbons (Fsp3) is 0.471. The molecule has 144 valence electrons. The predicted molar refractivity (Wildman–Crippen MR) is 96.5 cm³/mol. The van der Waals surface area contributed by atoms with Gasteiger partial charge in [-0.2, -0.15) is 5.10 Å². The number of carboxylic acid groups (broad SMARTS) is 1. The Labute approximate surface area is 154 Å². The highest BCUT2D eigenvalue weighted by Crippen LogP contribution is 2.34. The van der Waals surface area contributed by atoms with E-state index in [1.165, 1.54) is 25.0 Å². The van der Waals surface area contributed by atoms with Gasteiger partial charge < -0.3 is 15.3 Å². The summed E-state index contributed by atoms with van der Waals surface area (Å²) in [5, 5.41) is 28.2. The lowest BCUT2D eigenvalue weighted by Gasteiger charge is -2.36. The number of nitrogens with zero attached hydrogens (tertiary/aromatic N) is 3. The van der Waals surface area contributed by atoms with Gasteiger partial charge in [-0.05, 0) is 38.8 Å². The number of amides is 1. The zero-order chi connectivity index (χ0) is 19.6. The largest absolute Gasteiger partial charge is 0.483 e. The molecule has 2 bridgehead atoms. The van der Waals surface area contributed by atoms with Gasteiger partial charge in [0, 0.05) is 35.6 Å². The van der Waals surface area contributed by atoms with E-state index in [4.69, 9.17) is 9.90 Å². The van der Waals surface area contributed by atoms with Crippen molar-refractivity contribution in [2.75, 3.05) is 7.05 Å². The maximum absolute atomic E-state index is 12.6. The van der Waals surface area contributed by atoms with Gasteiger partial charge in [0.1, 0.15) is 0 Å². The summed E-state index contributed by atoms with van der Waals surface area (Å²) in [4.78, 5) is 33.7. The molecule has 2 unspecified atom stereocenters. The normalized spacial score (nSPS) is 24.1. The van der Waals surface area contributed by atoms with Crippen LogP contribution in [0.15, 0.2) is 18.2 Å². The monoisotopic (exact) mass is 375 g/mol. The van der Waals surface area contributed by atoms with Crippen molar-refractivity contribution in [1.29, 1.82) is 0 Å². The number of aromatic amines is 1. The third-order valence-corrected chi connectivity index (χ3v) is 5.41. The number of nitrogens with one attached hydrogen (secondary N) is 2. The molecule has 3 N–H and O–H groups in total. The molecule has 4 rings (SSSR count). The molecule has 1 aromatic carbocycles. The Kier molecular flexibility index (Phi) is 5.36. The Bertz CT molecular complexity index is 853. The van der Waals surface area contributed by atoms with Crippen LogP contribution < -0.4 is 5.32 Å². The molecule has 3 heterocycles. The summed E-state index contributed by atoms with van der Waals surface area (Å²) >= 11 is 0. The fourth-order valence-corrected chi connectivity index (χ4v) is 4.08. The van der Waals surface area contributed by atoms with Gasteiger partial charge in [0.05, 0.1) is 10.4 Å². The average Bonchev–Trinajstić information content (AvgIpc) is 3.12. The second-order valence-corrected chi connectivity index (χ2v) is 6.86. The zero-order valence-corrected chi connectivity index (χ0v) is 14.8. The summed E-state index contributed by atoms with van der Waals surface area (Å²) in [6.07, 6.45) is 4.32. The summed E-state index contributed by atoms with van der Waals surface area (Å²) in [6.45, 7) is -0.250. The third kappa shape index (κ3) is 3.75. The number of nitro benzene ring substituents is 1. The maximum Gasteiger partial charge on any atom is 0.290 e. The summed E-state index contributed by atoms with van der Waals surface area (Å²) in [5.74, 6) is -0.218.